The van der Waals surface area contributed by atoms with Gasteiger partial charge in [-0.1, -0.05) is 96.0 Å². The number of carbonyl (C=O) groups excluding carboxylic acids is 2. The van der Waals surface area contributed by atoms with Crippen LogP contribution < -0.4 is 10.1 Å². The van der Waals surface area contributed by atoms with E-state index in [0.717, 1.165) is 11.1 Å². The molecule has 0 saturated carbocycles. The van der Waals surface area contributed by atoms with Crippen molar-refractivity contribution in [3.8, 4) is 5.75 Å². The van der Waals surface area contributed by atoms with E-state index in [1.54, 1.807) is 42.5 Å². The molecule has 4 aromatic rings. The average Bonchev–Trinajstić information content (AvgIpc) is 2.95. The molecule has 0 fully saturated rings. The molecule has 8 heteroatoms. The zero-order valence-corrected chi connectivity index (χ0v) is 22.5. The summed E-state index contributed by atoms with van der Waals surface area (Å²) in [5.41, 5.74) is 2.29. The lowest BCUT2D eigenvalue weighted by atomic mass is 10.0. The fourth-order valence-corrected chi connectivity index (χ4v) is 4.46. The minimum Gasteiger partial charge on any atom is -0.482 e. The molecule has 1 N–H and O–H groups in total. The monoisotopic (exact) mass is 564 g/mol. The Kier molecular flexibility index (Phi) is 9.95. The van der Waals surface area contributed by atoms with Crippen LogP contribution in [-0.2, 0) is 29.1 Å². The number of benzene rings is 4. The Morgan fingerprint density at radius 1 is 0.795 bits per heavy atom. The van der Waals surface area contributed by atoms with Crippen LogP contribution in [0.3, 0.4) is 0 Å². The topological polar surface area (TPSA) is 58.6 Å². The Labute approximate surface area is 237 Å². The molecule has 0 aromatic heterocycles. The summed E-state index contributed by atoms with van der Waals surface area (Å²) in [7, 11) is 0. The first-order chi connectivity index (χ1) is 18.9. The van der Waals surface area contributed by atoms with Crippen molar-refractivity contribution in [1.29, 1.82) is 0 Å². The van der Waals surface area contributed by atoms with Crippen LogP contribution in [0.2, 0.25) is 10.0 Å². The second-order valence-electron chi connectivity index (χ2n) is 8.88. The number of hydrogen-bond donors (Lipinski definition) is 1. The number of rotatable bonds is 11. The lowest BCUT2D eigenvalue weighted by Gasteiger charge is -2.31. The molecule has 1 unspecified atom stereocenters. The summed E-state index contributed by atoms with van der Waals surface area (Å²) >= 11 is 12.5. The molecule has 0 radical (unpaired) electrons. The van der Waals surface area contributed by atoms with Crippen molar-refractivity contribution >= 4 is 35.0 Å². The summed E-state index contributed by atoms with van der Waals surface area (Å²) in [6.45, 7) is -0.0749. The number of nitrogens with one attached hydrogen (secondary N) is 1. The maximum atomic E-state index is 13.7. The van der Waals surface area contributed by atoms with Crippen molar-refractivity contribution in [1.82, 2.24) is 10.2 Å². The SMILES string of the molecule is O=C(NCc1ccccc1Cl)C(Cc1ccccc1)N(Cc1ccc(F)cc1)C(=O)COc1ccccc1Cl. The van der Waals surface area contributed by atoms with Crippen molar-refractivity contribution < 1.29 is 18.7 Å². The van der Waals surface area contributed by atoms with Crippen molar-refractivity contribution in [2.45, 2.75) is 25.6 Å². The highest BCUT2D eigenvalue weighted by molar-refractivity contribution is 6.32. The van der Waals surface area contributed by atoms with Crippen LogP contribution in [0.5, 0.6) is 5.75 Å². The minimum absolute atomic E-state index is 0.0714. The maximum absolute atomic E-state index is 13.7. The quantitative estimate of drug-likeness (QED) is 0.227. The highest BCUT2D eigenvalue weighted by Crippen LogP contribution is 2.24. The third kappa shape index (κ3) is 8.06. The first kappa shape index (κ1) is 28.1. The van der Waals surface area contributed by atoms with E-state index in [9.17, 15) is 14.0 Å². The van der Waals surface area contributed by atoms with E-state index < -0.39 is 17.8 Å². The second kappa shape index (κ2) is 13.8. The predicted molar refractivity (Wildman–Crippen MR) is 151 cm³/mol. The molecule has 2 amide bonds. The van der Waals surface area contributed by atoms with Crippen LogP contribution in [0.15, 0.2) is 103 Å². The van der Waals surface area contributed by atoms with Gasteiger partial charge < -0.3 is 15.0 Å². The van der Waals surface area contributed by atoms with Gasteiger partial charge in [0.05, 0.1) is 5.02 Å². The molecule has 0 bridgehead atoms. The first-order valence-corrected chi connectivity index (χ1v) is 13.1. The smallest absolute Gasteiger partial charge is 0.261 e. The fourth-order valence-electron chi connectivity index (χ4n) is 4.07. The number of hydrogen-bond acceptors (Lipinski definition) is 3. The minimum atomic E-state index is -0.887. The summed E-state index contributed by atoms with van der Waals surface area (Å²) < 4.78 is 19.3. The zero-order valence-electron chi connectivity index (χ0n) is 21.0. The van der Waals surface area contributed by atoms with Gasteiger partial charge in [-0.15, -0.1) is 0 Å². The summed E-state index contributed by atoms with van der Waals surface area (Å²) in [6, 6.07) is 28.4. The fraction of sp³-hybridized carbons (Fsp3) is 0.161. The van der Waals surface area contributed by atoms with Gasteiger partial charge in [-0.05, 0) is 47.0 Å². The highest BCUT2D eigenvalue weighted by Gasteiger charge is 2.31. The summed E-state index contributed by atoms with van der Waals surface area (Å²) in [6.07, 6.45) is 0.258. The molecule has 0 aliphatic carbocycles. The molecule has 0 aliphatic heterocycles. The molecule has 39 heavy (non-hydrogen) atoms. The summed E-state index contributed by atoms with van der Waals surface area (Å²) in [5, 5.41) is 3.84. The largest absolute Gasteiger partial charge is 0.482 e. The molecule has 4 rings (SSSR count). The van der Waals surface area contributed by atoms with E-state index >= 15 is 0 Å². The van der Waals surface area contributed by atoms with E-state index in [4.69, 9.17) is 27.9 Å². The van der Waals surface area contributed by atoms with Crippen molar-refractivity contribution in [2.75, 3.05) is 6.61 Å². The molecule has 0 aliphatic rings. The average molecular weight is 565 g/mol. The molecule has 5 nitrogen and oxygen atoms in total. The lowest BCUT2D eigenvalue weighted by Crippen LogP contribution is -2.51. The third-order valence-electron chi connectivity index (χ3n) is 6.14. The zero-order chi connectivity index (χ0) is 27.6. The van der Waals surface area contributed by atoms with Gasteiger partial charge in [0, 0.05) is 24.5 Å². The van der Waals surface area contributed by atoms with Gasteiger partial charge in [0.25, 0.3) is 5.91 Å². The molecular formula is C31H27Cl2FN2O3. The molecular weight excluding hydrogens is 538 g/mol. The first-order valence-electron chi connectivity index (χ1n) is 12.4. The second-order valence-corrected chi connectivity index (χ2v) is 9.70. The third-order valence-corrected chi connectivity index (χ3v) is 6.82. The van der Waals surface area contributed by atoms with Gasteiger partial charge in [0.15, 0.2) is 6.61 Å². The van der Waals surface area contributed by atoms with Gasteiger partial charge in [-0.3, -0.25) is 9.59 Å². The predicted octanol–water partition coefficient (Wildman–Crippen LogP) is 6.47. The Morgan fingerprint density at radius 3 is 2.13 bits per heavy atom. The Hall–Kier alpha value is -3.87. The van der Waals surface area contributed by atoms with Crippen LogP contribution >= 0.6 is 23.2 Å². The number of para-hydroxylation sites is 1. The Bertz CT molecular complexity index is 1400. The van der Waals surface area contributed by atoms with E-state index in [2.05, 4.69) is 5.32 Å². The summed E-state index contributed by atoms with van der Waals surface area (Å²) in [4.78, 5) is 28.8. The van der Waals surface area contributed by atoms with Crippen LogP contribution in [0.25, 0.3) is 0 Å². The summed E-state index contributed by atoms with van der Waals surface area (Å²) in [5.74, 6) is -0.811. The number of halogens is 3. The van der Waals surface area contributed by atoms with E-state index in [-0.39, 0.29) is 32.0 Å². The van der Waals surface area contributed by atoms with Gasteiger partial charge in [0.2, 0.25) is 5.91 Å². The Morgan fingerprint density at radius 2 is 1.44 bits per heavy atom. The van der Waals surface area contributed by atoms with Crippen molar-refractivity contribution in [3.63, 3.8) is 0 Å². The highest BCUT2D eigenvalue weighted by atomic mass is 35.5. The number of nitrogens with zero attached hydrogens (tertiary/aromatic N) is 1. The Balaban J connectivity index is 1.62. The van der Waals surface area contributed by atoms with E-state index in [1.807, 2.05) is 48.5 Å². The van der Waals surface area contributed by atoms with Gasteiger partial charge in [-0.2, -0.15) is 0 Å². The van der Waals surface area contributed by atoms with Crippen LogP contribution in [0.1, 0.15) is 16.7 Å². The number of carbonyl (C=O) groups is 2. The number of amides is 2. The van der Waals surface area contributed by atoms with Crippen molar-refractivity contribution in [2.24, 2.45) is 0 Å². The normalized spacial score (nSPS) is 11.5. The molecule has 0 saturated heterocycles. The molecule has 4 aromatic carbocycles. The maximum Gasteiger partial charge on any atom is 0.261 e. The van der Waals surface area contributed by atoms with Crippen LogP contribution in [0.4, 0.5) is 4.39 Å². The molecule has 0 heterocycles. The van der Waals surface area contributed by atoms with Gasteiger partial charge >= 0.3 is 0 Å². The van der Waals surface area contributed by atoms with Crippen LogP contribution in [-0.4, -0.2) is 29.4 Å². The molecule has 200 valence electrons. The molecule has 0 spiro atoms. The van der Waals surface area contributed by atoms with Crippen LogP contribution in [0, 0.1) is 5.82 Å². The van der Waals surface area contributed by atoms with Gasteiger partial charge in [-0.25, -0.2) is 4.39 Å². The van der Waals surface area contributed by atoms with E-state index in [0.29, 0.717) is 21.4 Å². The molecule has 1 atom stereocenters. The number of ether oxygens (including phenoxy) is 1. The van der Waals surface area contributed by atoms with Crippen molar-refractivity contribution in [3.05, 3.63) is 136 Å². The standard InChI is InChI=1S/C31H27Cl2FN2O3/c32-26-11-5-4-10-24(26)19-35-31(38)28(18-22-8-2-1-3-9-22)36(20-23-14-16-25(34)17-15-23)30(37)21-39-29-13-7-6-12-27(29)33/h1-17,28H,18-21H2,(H,35,38). The van der Waals surface area contributed by atoms with Gasteiger partial charge in [0.1, 0.15) is 17.6 Å². The van der Waals surface area contributed by atoms with E-state index in [1.165, 1.54) is 17.0 Å². The lowest BCUT2D eigenvalue weighted by molar-refractivity contribution is -0.142.